The lowest BCUT2D eigenvalue weighted by molar-refractivity contribution is -0.141. The SMILES string of the molecule is COC(=O)CCN1CCC(Cn2ccnn2)CC1. The molecule has 1 fully saturated rings. The van der Waals surface area contributed by atoms with E-state index in [0.29, 0.717) is 12.3 Å². The summed E-state index contributed by atoms with van der Waals surface area (Å²) in [4.78, 5) is 13.4. The Kier molecular flexibility index (Phi) is 4.69. The molecule has 0 amide bonds. The van der Waals surface area contributed by atoms with Gasteiger partial charge in [-0.2, -0.15) is 0 Å². The molecule has 0 bridgehead atoms. The van der Waals surface area contributed by atoms with Gasteiger partial charge in [-0.3, -0.25) is 9.48 Å². The van der Waals surface area contributed by atoms with Gasteiger partial charge < -0.3 is 9.64 Å². The van der Waals surface area contributed by atoms with Crippen molar-refractivity contribution in [3.8, 4) is 0 Å². The Balaban J connectivity index is 1.66. The highest BCUT2D eigenvalue weighted by molar-refractivity contribution is 5.69. The highest BCUT2D eigenvalue weighted by Crippen LogP contribution is 2.18. The molecule has 18 heavy (non-hydrogen) atoms. The minimum Gasteiger partial charge on any atom is -0.469 e. The first-order valence-corrected chi connectivity index (χ1v) is 6.41. The van der Waals surface area contributed by atoms with Crippen LogP contribution in [0.3, 0.4) is 0 Å². The number of ether oxygens (including phenoxy) is 1. The van der Waals surface area contributed by atoms with Crippen molar-refractivity contribution in [2.24, 2.45) is 5.92 Å². The maximum absolute atomic E-state index is 11.1. The summed E-state index contributed by atoms with van der Waals surface area (Å²) < 4.78 is 6.55. The molecular formula is C12H20N4O2. The molecule has 100 valence electrons. The third kappa shape index (κ3) is 3.80. The van der Waals surface area contributed by atoms with Gasteiger partial charge in [-0.05, 0) is 31.8 Å². The van der Waals surface area contributed by atoms with Gasteiger partial charge in [0.15, 0.2) is 0 Å². The molecule has 0 aromatic carbocycles. The Morgan fingerprint density at radius 2 is 2.22 bits per heavy atom. The van der Waals surface area contributed by atoms with Crippen LogP contribution in [0, 0.1) is 5.92 Å². The molecule has 0 aliphatic carbocycles. The van der Waals surface area contributed by atoms with Gasteiger partial charge in [0.2, 0.25) is 0 Å². The van der Waals surface area contributed by atoms with Crippen LogP contribution in [0.15, 0.2) is 12.4 Å². The maximum Gasteiger partial charge on any atom is 0.306 e. The highest BCUT2D eigenvalue weighted by atomic mass is 16.5. The number of esters is 1. The van der Waals surface area contributed by atoms with Gasteiger partial charge in [-0.15, -0.1) is 5.10 Å². The van der Waals surface area contributed by atoms with Gasteiger partial charge in [0.05, 0.1) is 19.7 Å². The molecule has 0 spiro atoms. The number of aromatic nitrogens is 3. The molecular weight excluding hydrogens is 232 g/mol. The topological polar surface area (TPSA) is 60.2 Å². The van der Waals surface area contributed by atoms with E-state index in [1.807, 2.05) is 10.9 Å². The fourth-order valence-electron chi connectivity index (χ4n) is 2.34. The summed E-state index contributed by atoms with van der Waals surface area (Å²) >= 11 is 0. The van der Waals surface area contributed by atoms with Gasteiger partial charge >= 0.3 is 5.97 Å². The van der Waals surface area contributed by atoms with E-state index in [1.54, 1.807) is 6.20 Å². The second-order valence-corrected chi connectivity index (χ2v) is 4.74. The summed E-state index contributed by atoms with van der Waals surface area (Å²) in [5, 5.41) is 7.80. The number of carbonyl (C=O) groups excluding carboxylic acids is 1. The summed E-state index contributed by atoms with van der Waals surface area (Å²) in [5.41, 5.74) is 0. The van der Waals surface area contributed by atoms with Gasteiger partial charge in [-0.1, -0.05) is 5.21 Å². The maximum atomic E-state index is 11.1. The molecule has 1 aromatic rings. The van der Waals surface area contributed by atoms with Gasteiger partial charge in [0.25, 0.3) is 0 Å². The number of piperidine rings is 1. The summed E-state index contributed by atoms with van der Waals surface area (Å²) in [6.45, 7) is 3.86. The quantitative estimate of drug-likeness (QED) is 0.716. The van der Waals surface area contributed by atoms with Gasteiger partial charge in [0, 0.05) is 19.3 Å². The Morgan fingerprint density at radius 1 is 1.44 bits per heavy atom. The molecule has 6 nitrogen and oxygen atoms in total. The third-order valence-electron chi connectivity index (χ3n) is 3.48. The van der Waals surface area contributed by atoms with Crippen LogP contribution in [0.4, 0.5) is 0 Å². The van der Waals surface area contributed by atoms with Crippen molar-refractivity contribution in [2.45, 2.75) is 25.8 Å². The standard InChI is InChI=1S/C12H20N4O2/c1-18-12(17)4-8-15-6-2-11(3-7-15)10-16-9-5-13-14-16/h5,9,11H,2-4,6-8,10H2,1H3. The lowest BCUT2D eigenvalue weighted by Gasteiger charge is -2.31. The molecule has 0 unspecified atom stereocenters. The predicted octanol–water partition coefficient (Wildman–Crippen LogP) is 0.553. The molecule has 1 aromatic heterocycles. The van der Waals surface area contributed by atoms with Crippen LogP contribution < -0.4 is 0 Å². The zero-order valence-electron chi connectivity index (χ0n) is 10.8. The van der Waals surface area contributed by atoms with Crippen molar-refractivity contribution in [2.75, 3.05) is 26.7 Å². The van der Waals surface area contributed by atoms with E-state index in [2.05, 4.69) is 19.9 Å². The molecule has 6 heteroatoms. The number of likely N-dealkylation sites (tertiary alicyclic amines) is 1. The number of hydrogen-bond donors (Lipinski definition) is 0. The van der Waals surface area contributed by atoms with Crippen molar-refractivity contribution in [1.29, 1.82) is 0 Å². The first-order chi connectivity index (χ1) is 8.78. The minimum absolute atomic E-state index is 0.125. The lowest BCUT2D eigenvalue weighted by atomic mass is 9.97. The zero-order valence-corrected chi connectivity index (χ0v) is 10.8. The van der Waals surface area contributed by atoms with Crippen molar-refractivity contribution >= 4 is 5.97 Å². The van der Waals surface area contributed by atoms with Crippen LogP contribution >= 0.6 is 0 Å². The Labute approximate surface area is 107 Å². The number of methoxy groups -OCH3 is 1. The van der Waals surface area contributed by atoms with Crippen molar-refractivity contribution in [1.82, 2.24) is 19.9 Å². The monoisotopic (exact) mass is 252 g/mol. The van der Waals surface area contributed by atoms with E-state index in [1.165, 1.54) is 7.11 Å². The molecule has 0 N–H and O–H groups in total. The zero-order chi connectivity index (χ0) is 12.8. The summed E-state index contributed by atoms with van der Waals surface area (Å²) in [7, 11) is 1.44. The predicted molar refractivity (Wildman–Crippen MR) is 65.8 cm³/mol. The lowest BCUT2D eigenvalue weighted by Crippen LogP contribution is -2.36. The van der Waals surface area contributed by atoms with Crippen molar-refractivity contribution in [3.05, 3.63) is 12.4 Å². The van der Waals surface area contributed by atoms with Crippen LogP contribution in [-0.2, 0) is 16.1 Å². The molecule has 2 heterocycles. The molecule has 1 saturated heterocycles. The summed E-state index contributed by atoms with van der Waals surface area (Å²) in [5.74, 6) is 0.542. The molecule has 1 aliphatic heterocycles. The molecule has 1 aliphatic rings. The fourth-order valence-corrected chi connectivity index (χ4v) is 2.34. The minimum atomic E-state index is -0.125. The molecule has 0 saturated carbocycles. The Hall–Kier alpha value is -1.43. The van der Waals surface area contributed by atoms with Gasteiger partial charge in [0.1, 0.15) is 0 Å². The van der Waals surface area contributed by atoms with Crippen molar-refractivity contribution in [3.63, 3.8) is 0 Å². The number of carbonyl (C=O) groups is 1. The van der Waals surface area contributed by atoms with E-state index < -0.39 is 0 Å². The van der Waals surface area contributed by atoms with E-state index >= 15 is 0 Å². The fraction of sp³-hybridized carbons (Fsp3) is 0.750. The smallest absolute Gasteiger partial charge is 0.306 e. The first kappa shape index (κ1) is 13.0. The van der Waals surface area contributed by atoms with Crippen LogP contribution in [0.1, 0.15) is 19.3 Å². The largest absolute Gasteiger partial charge is 0.469 e. The highest BCUT2D eigenvalue weighted by Gasteiger charge is 2.20. The van der Waals surface area contributed by atoms with E-state index in [-0.39, 0.29) is 5.97 Å². The number of hydrogen-bond acceptors (Lipinski definition) is 5. The van der Waals surface area contributed by atoms with Crippen LogP contribution in [0.25, 0.3) is 0 Å². The normalized spacial score (nSPS) is 17.8. The first-order valence-electron chi connectivity index (χ1n) is 6.41. The molecule has 2 rings (SSSR count). The molecule has 0 radical (unpaired) electrons. The van der Waals surface area contributed by atoms with Crippen LogP contribution in [-0.4, -0.2) is 52.6 Å². The van der Waals surface area contributed by atoms with Crippen molar-refractivity contribution < 1.29 is 9.53 Å². The van der Waals surface area contributed by atoms with Crippen LogP contribution in [0.2, 0.25) is 0 Å². The van der Waals surface area contributed by atoms with E-state index in [0.717, 1.165) is 39.0 Å². The molecule has 0 atom stereocenters. The number of nitrogens with zero attached hydrogens (tertiary/aromatic N) is 4. The van der Waals surface area contributed by atoms with E-state index in [4.69, 9.17) is 0 Å². The second kappa shape index (κ2) is 6.49. The average molecular weight is 252 g/mol. The number of rotatable bonds is 5. The van der Waals surface area contributed by atoms with Crippen LogP contribution in [0.5, 0.6) is 0 Å². The van der Waals surface area contributed by atoms with E-state index in [9.17, 15) is 4.79 Å². The Morgan fingerprint density at radius 3 is 2.83 bits per heavy atom. The van der Waals surface area contributed by atoms with Gasteiger partial charge in [-0.25, -0.2) is 0 Å². The summed E-state index contributed by atoms with van der Waals surface area (Å²) in [6.07, 6.45) is 6.42. The summed E-state index contributed by atoms with van der Waals surface area (Å²) in [6, 6.07) is 0. The second-order valence-electron chi connectivity index (χ2n) is 4.74. The average Bonchev–Trinajstić information content (AvgIpc) is 2.90. The third-order valence-corrected chi connectivity index (χ3v) is 3.48. The Bertz CT molecular complexity index is 358.